The Morgan fingerprint density at radius 2 is 2.16 bits per heavy atom. The first kappa shape index (κ1) is 13.0. The molecule has 0 aliphatic rings. The Balaban J connectivity index is 2.29. The number of hydrogen-bond acceptors (Lipinski definition) is 6. The Morgan fingerprint density at radius 3 is 2.74 bits per heavy atom. The first-order valence-corrected chi connectivity index (χ1v) is 6.13. The Labute approximate surface area is 112 Å². The Morgan fingerprint density at radius 1 is 1.37 bits per heavy atom. The number of hydrogen-bond donors (Lipinski definition) is 0. The highest BCUT2D eigenvalue weighted by Crippen LogP contribution is 2.31. The van der Waals surface area contributed by atoms with Gasteiger partial charge in [0.15, 0.2) is 0 Å². The van der Waals surface area contributed by atoms with Crippen LogP contribution in [0.2, 0.25) is 0 Å². The van der Waals surface area contributed by atoms with Crippen LogP contribution in [0.15, 0.2) is 35.0 Å². The lowest BCUT2D eigenvalue weighted by Gasteiger charge is -2.05. The van der Waals surface area contributed by atoms with E-state index in [9.17, 15) is 14.9 Å². The highest BCUT2D eigenvalue weighted by Gasteiger charge is 2.20. The fourth-order valence-corrected chi connectivity index (χ4v) is 2.02. The summed E-state index contributed by atoms with van der Waals surface area (Å²) in [5.74, 6) is -0.418. The van der Waals surface area contributed by atoms with Crippen molar-refractivity contribution in [1.82, 2.24) is 0 Å². The molecule has 1 aromatic heterocycles. The molecule has 0 aliphatic carbocycles. The van der Waals surface area contributed by atoms with E-state index >= 15 is 0 Å². The number of rotatable bonds is 4. The molecule has 0 aliphatic heterocycles. The second kappa shape index (κ2) is 5.49. The molecule has 0 N–H and O–H groups in total. The standard InChI is InChI=1S/C12H9NO5S/c1-17-9-2-3-11(10(6-9)13(15)16)18-12(14)8-4-5-19-7-8/h2-7H,1H3. The normalized spacial score (nSPS) is 9.95. The molecule has 2 aromatic rings. The molecule has 0 spiro atoms. The largest absolute Gasteiger partial charge is 0.496 e. The number of carbonyl (C=O) groups is 1. The predicted octanol–water partition coefficient (Wildman–Crippen LogP) is 2.88. The number of methoxy groups -OCH3 is 1. The summed E-state index contributed by atoms with van der Waals surface area (Å²) in [6.45, 7) is 0. The van der Waals surface area contributed by atoms with Gasteiger partial charge >= 0.3 is 11.7 Å². The minimum atomic E-state index is -0.630. The maximum atomic E-state index is 11.7. The second-order valence-electron chi connectivity index (χ2n) is 3.49. The molecule has 19 heavy (non-hydrogen) atoms. The Hall–Kier alpha value is -2.41. The van der Waals surface area contributed by atoms with E-state index in [1.54, 1.807) is 16.8 Å². The van der Waals surface area contributed by atoms with Gasteiger partial charge in [0.2, 0.25) is 5.75 Å². The van der Waals surface area contributed by atoms with Crippen LogP contribution < -0.4 is 9.47 Å². The number of carbonyl (C=O) groups excluding carboxylic acids is 1. The van der Waals surface area contributed by atoms with E-state index in [-0.39, 0.29) is 11.4 Å². The van der Waals surface area contributed by atoms with Gasteiger partial charge < -0.3 is 9.47 Å². The molecule has 0 saturated carbocycles. The number of nitrogens with zero attached hydrogens (tertiary/aromatic N) is 1. The van der Waals surface area contributed by atoms with Gasteiger partial charge in [-0.05, 0) is 23.6 Å². The summed E-state index contributed by atoms with van der Waals surface area (Å²) >= 11 is 1.34. The van der Waals surface area contributed by atoms with Crippen LogP contribution in [0.3, 0.4) is 0 Å². The maximum Gasteiger partial charge on any atom is 0.344 e. The summed E-state index contributed by atoms with van der Waals surface area (Å²) < 4.78 is 9.92. The summed E-state index contributed by atoms with van der Waals surface area (Å²) in [5.41, 5.74) is 0.0399. The quantitative estimate of drug-likeness (QED) is 0.372. The van der Waals surface area contributed by atoms with E-state index in [2.05, 4.69) is 0 Å². The molecule has 0 unspecified atom stereocenters. The van der Waals surface area contributed by atoms with E-state index < -0.39 is 10.9 Å². The molecular weight excluding hydrogens is 270 g/mol. The zero-order valence-electron chi connectivity index (χ0n) is 9.86. The van der Waals surface area contributed by atoms with Crippen LogP contribution in [-0.2, 0) is 0 Å². The molecule has 7 heteroatoms. The Bertz CT molecular complexity index is 609. The van der Waals surface area contributed by atoms with E-state index in [0.29, 0.717) is 11.3 Å². The summed E-state index contributed by atoms with van der Waals surface area (Å²) in [6, 6.07) is 5.61. The van der Waals surface area contributed by atoms with Gasteiger partial charge in [0.05, 0.1) is 23.7 Å². The molecule has 1 aromatic carbocycles. The fraction of sp³-hybridized carbons (Fsp3) is 0.0833. The Kier molecular flexibility index (Phi) is 3.76. The van der Waals surface area contributed by atoms with Gasteiger partial charge in [0.1, 0.15) is 5.75 Å². The summed E-state index contributed by atoms with van der Waals surface area (Å²) in [6.07, 6.45) is 0. The van der Waals surface area contributed by atoms with Crippen molar-refractivity contribution >= 4 is 23.0 Å². The average Bonchev–Trinajstić information content (AvgIpc) is 2.92. The van der Waals surface area contributed by atoms with E-state index in [0.717, 1.165) is 0 Å². The highest BCUT2D eigenvalue weighted by molar-refractivity contribution is 7.08. The van der Waals surface area contributed by atoms with Gasteiger partial charge in [-0.25, -0.2) is 4.79 Å². The summed E-state index contributed by atoms with van der Waals surface area (Å²) in [7, 11) is 1.40. The third-order valence-corrected chi connectivity index (χ3v) is 3.01. The lowest BCUT2D eigenvalue weighted by molar-refractivity contribution is -0.385. The van der Waals surface area contributed by atoms with Crippen LogP contribution in [0, 0.1) is 10.1 Å². The smallest absolute Gasteiger partial charge is 0.344 e. The van der Waals surface area contributed by atoms with Crippen molar-refractivity contribution in [1.29, 1.82) is 0 Å². The van der Waals surface area contributed by atoms with Crippen molar-refractivity contribution in [3.63, 3.8) is 0 Å². The van der Waals surface area contributed by atoms with Gasteiger partial charge in [-0.1, -0.05) is 0 Å². The van der Waals surface area contributed by atoms with Gasteiger partial charge in [0.25, 0.3) is 0 Å². The molecule has 1 heterocycles. The lowest BCUT2D eigenvalue weighted by Crippen LogP contribution is -2.08. The van der Waals surface area contributed by atoms with Gasteiger partial charge in [-0.15, -0.1) is 0 Å². The second-order valence-corrected chi connectivity index (χ2v) is 4.27. The summed E-state index contributed by atoms with van der Waals surface area (Å²) in [5, 5.41) is 14.2. The molecule has 0 amide bonds. The highest BCUT2D eigenvalue weighted by atomic mass is 32.1. The van der Waals surface area contributed by atoms with Crippen LogP contribution in [0.4, 0.5) is 5.69 Å². The first-order valence-electron chi connectivity index (χ1n) is 5.18. The average molecular weight is 279 g/mol. The maximum absolute atomic E-state index is 11.7. The van der Waals surface area contributed by atoms with Crippen molar-refractivity contribution in [2.75, 3.05) is 7.11 Å². The van der Waals surface area contributed by atoms with Crippen molar-refractivity contribution in [2.45, 2.75) is 0 Å². The van der Waals surface area contributed by atoms with Gasteiger partial charge in [-0.2, -0.15) is 11.3 Å². The number of ether oxygens (including phenoxy) is 2. The third-order valence-electron chi connectivity index (χ3n) is 2.32. The monoisotopic (exact) mass is 279 g/mol. The molecule has 6 nitrogen and oxygen atoms in total. The number of nitro groups is 1. The zero-order chi connectivity index (χ0) is 13.8. The predicted molar refractivity (Wildman–Crippen MR) is 68.9 cm³/mol. The van der Waals surface area contributed by atoms with Crippen molar-refractivity contribution < 1.29 is 19.2 Å². The molecule has 2 rings (SSSR count). The zero-order valence-corrected chi connectivity index (χ0v) is 10.7. The molecule has 98 valence electrons. The van der Waals surface area contributed by atoms with Gasteiger partial charge in [0, 0.05) is 5.38 Å². The minimum Gasteiger partial charge on any atom is -0.496 e. The number of benzene rings is 1. The molecule has 0 atom stereocenters. The number of thiophene rings is 1. The molecule has 0 fully saturated rings. The fourth-order valence-electron chi connectivity index (χ4n) is 1.39. The molecular formula is C12H9NO5S. The SMILES string of the molecule is COc1ccc(OC(=O)c2ccsc2)c([N+](=O)[O-])c1. The minimum absolute atomic E-state index is 0.109. The van der Waals surface area contributed by atoms with Gasteiger partial charge in [-0.3, -0.25) is 10.1 Å². The van der Waals surface area contributed by atoms with Crippen molar-refractivity contribution in [3.05, 3.63) is 50.7 Å². The van der Waals surface area contributed by atoms with E-state index in [1.165, 1.54) is 36.6 Å². The lowest BCUT2D eigenvalue weighted by atomic mass is 10.2. The molecule has 0 bridgehead atoms. The van der Waals surface area contributed by atoms with Crippen LogP contribution in [0.5, 0.6) is 11.5 Å². The van der Waals surface area contributed by atoms with Crippen LogP contribution in [-0.4, -0.2) is 18.0 Å². The van der Waals surface area contributed by atoms with Crippen molar-refractivity contribution in [3.8, 4) is 11.5 Å². The topological polar surface area (TPSA) is 78.7 Å². The van der Waals surface area contributed by atoms with E-state index in [4.69, 9.17) is 9.47 Å². The molecule has 0 saturated heterocycles. The van der Waals surface area contributed by atoms with Crippen LogP contribution in [0.1, 0.15) is 10.4 Å². The molecule has 0 radical (unpaired) electrons. The van der Waals surface area contributed by atoms with E-state index in [1.807, 2.05) is 0 Å². The summed E-state index contributed by atoms with van der Waals surface area (Å²) in [4.78, 5) is 22.0. The third kappa shape index (κ3) is 2.89. The first-order chi connectivity index (χ1) is 9.11. The van der Waals surface area contributed by atoms with Crippen molar-refractivity contribution in [2.24, 2.45) is 0 Å². The number of esters is 1. The number of nitro benzene ring substituents is 1. The van der Waals surface area contributed by atoms with Crippen LogP contribution in [0.25, 0.3) is 0 Å². The van der Waals surface area contributed by atoms with Crippen LogP contribution >= 0.6 is 11.3 Å².